The molecule has 0 unspecified atom stereocenters. The van der Waals surface area contributed by atoms with Crippen molar-refractivity contribution in [1.82, 2.24) is 9.55 Å². The molecule has 0 fully saturated rings. The summed E-state index contributed by atoms with van der Waals surface area (Å²) in [4.78, 5) is 16.6. The summed E-state index contributed by atoms with van der Waals surface area (Å²) in [6, 6.07) is 7.60. The minimum Gasteiger partial charge on any atom is -0.335 e. The summed E-state index contributed by atoms with van der Waals surface area (Å²) in [6.07, 6.45) is 3.32. The predicted molar refractivity (Wildman–Crippen MR) is 82.8 cm³/mol. The molecule has 1 N–H and O–H groups in total. The van der Waals surface area contributed by atoms with E-state index in [0.717, 1.165) is 11.3 Å². The van der Waals surface area contributed by atoms with Gasteiger partial charge in [0, 0.05) is 29.5 Å². The Bertz CT molecular complexity index is 659. The zero-order chi connectivity index (χ0) is 14.8. The first-order valence-electron chi connectivity index (χ1n) is 6.42. The van der Waals surface area contributed by atoms with Crippen LogP contribution in [0.25, 0.3) is 0 Å². The second-order valence-electron chi connectivity index (χ2n) is 5.54. The largest absolute Gasteiger partial charge is 0.335 e. The third-order valence-electron chi connectivity index (χ3n) is 2.98. The van der Waals surface area contributed by atoms with E-state index in [4.69, 9.17) is 11.6 Å². The van der Waals surface area contributed by atoms with Gasteiger partial charge in [-0.15, -0.1) is 11.6 Å². The Kier molecular flexibility index (Phi) is 4.14. The van der Waals surface area contributed by atoms with Crippen molar-refractivity contribution in [3.8, 4) is 0 Å². The van der Waals surface area contributed by atoms with Crippen LogP contribution in [0.3, 0.4) is 0 Å². The lowest BCUT2D eigenvalue weighted by atomic mass is 10.1. The lowest BCUT2D eigenvalue weighted by Gasteiger charge is -2.22. The Hall–Kier alpha value is -1.81. The highest BCUT2D eigenvalue weighted by molar-refractivity contribution is 6.17. The summed E-state index contributed by atoms with van der Waals surface area (Å²) in [5, 5.41) is 3.08. The van der Waals surface area contributed by atoms with E-state index in [-0.39, 0.29) is 11.1 Å². The highest BCUT2D eigenvalue weighted by Gasteiger charge is 2.17. The quantitative estimate of drug-likeness (QED) is 0.881. The Morgan fingerprint density at radius 1 is 1.30 bits per heavy atom. The van der Waals surface area contributed by atoms with Gasteiger partial charge in [0.1, 0.15) is 0 Å². The highest BCUT2D eigenvalue weighted by Crippen LogP contribution is 2.20. The molecule has 0 spiro atoms. The summed E-state index contributed by atoms with van der Waals surface area (Å²) >= 11 is 5.90. The molecule has 2 aromatic rings. The van der Waals surface area contributed by atoms with Crippen molar-refractivity contribution >= 4 is 23.1 Å². The molecule has 1 aromatic carbocycles. The van der Waals surface area contributed by atoms with E-state index in [1.165, 1.54) is 0 Å². The molecule has 0 aliphatic heterocycles. The van der Waals surface area contributed by atoms with E-state index >= 15 is 0 Å². The average Bonchev–Trinajstić information content (AvgIpc) is 2.40. The molecular weight excluding hydrogens is 274 g/mol. The number of halogens is 1. The summed E-state index contributed by atoms with van der Waals surface area (Å²) in [6.45, 7) is 5.93. The summed E-state index contributed by atoms with van der Waals surface area (Å²) in [5.74, 6) is 0.684. The number of anilines is 2. The van der Waals surface area contributed by atoms with E-state index in [9.17, 15) is 4.79 Å². The number of nitrogens with one attached hydrogen (secondary N) is 1. The van der Waals surface area contributed by atoms with Crippen LogP contribution in [0.4, 0.5) is 11.5 Å². The molecule has 0 aliphatic carbocycles. The van der Waals surface area contributed by atoms with Crippen LogP contribution in [0, 0.1) is 0 Å². The first-order chi connectivity index (χ1) is 9.43. The van der Waals surface area contributed by atoms with Gasteiger partial charge in [0.05, 0.1) is 0 Å². The molecule has 1 heterocycles. The van der Waals surface area contributed by atoms with Gasteiger partial charge in [-0.3, -0.25) is 4.79 Å². The molecule has 106 valence electrons. The Labute approximate surface area is 123 Å². The van der Waals surface area contributed by atoms with Crippen LogP contribution >= 0.6 is 11.6 Å². The monoisotopic (exact) mass is 291 g/mol. The number of alkyl halides is 1. The van der Waals surface area contributed by atoms with Gasteiger partial charge in [0.2, 0.25) is 0 Å². The molecule has 1 aromatic heterocycles. The smallest absolute Gasteiger partial charge is 0.294 e. The maximum absolute atomic E-state index is 12.4. The molecule has 2 rings (SSSR count). The van der Waals surface area contributed by atoms with Gasteiger partial charge in [0.15, 0.2) is 5.82 Å². The van der Waals surface area contributed by atoms with Crippen LogP contribution in [0.1, 0.15) is 26.3 Å². The van der Waals surface area contributed by atoms with Gasteiger partial charge in [-0.1, -0.05) is 18.2 Å². The minimum atomic E-state index is -0.289. The van der Waals surface area contributed by atoms with Crippen molar-refractivity contribution in [2.24, 2.45) is 0 Å². The van der Waals surface area contributed by atoms with E-state index in [1.54, 1.807) is 17.0 Å². The van der Waals surface area contributed by atoms with Gasteiger partial charge < -0.3 is 9.88 Å². The fraction of sp³-hybridized carbons (Fsp3) is 0.333. The van der Waals surface area contributed by atoms with Gasteiger partial charge in [-0.2, -0.15) is 0 Å². The van der Waals surface area contributed by atoms with E-state index < -0.39 is 0 Å². The third-order valence-corrected chi connectivity index (χ3v) is 3.27. The van der Waals surface area contributed by atoms with Crippen molar-refractivity contribution < 1.29 is 0 Å². The second kappa shape index (κ2) is 5.67. The molecule has 0 aliphatic rings. The Balaban J connectivity index is 2.43. The molecule has 0 saturated carbocycles. The Morgan fingerprint density at radius 2 is 2.00 bits per heavy atom. The molecule has 5 heteroatoms. The summed E-state index contributed by atoms with van der Waals surface area (Å²) in [7, 11) is 0. The van der Waals surface area contributed by atoms with Crippen molar-refractivity contribution in [1.29, 1.82) is 0 Å². The number of hydrogen-bond donors (Lipinski definition) is 1. The van der Waals surface area contributed by atoms with Crippen molar-refractivity contribution in [3.05, 3.63) is 52.6 Å². The zero-order valence-corrected chi connectivity index (χ0v) is 12.6. The number of para-hydroxylation sites is 1. The van der Waals surface area contributed by atoms with E-state index in [0.29, 0.717) is 11.7 Å². The molecule has 0 bridgehead atoms. The lowest BCUT2D eigenvalue weighted by molar-refractivity contribution is 0.383. The van der Waals surface area contributed by atoms with Crippen LogP contribution < -0.4 is 10.9 Å². The van der Waals surface area contributed by atoms with Crippen LogP contribution in [-0.4, -0.2) is 9.55 Å². The van der Waals surface area contributed by atoms with Crippen molar-refractivity contribution in [2.45, 2.75) is 32.2 Å². The Morgan fingerprint density at radius 3 is 2.65 bits per heavy atom. The topological polar surface area (TPSA) is 46.9 Å². The zero-order valence-electron chi connectivity index (χ0n) is 11.9. The fourth-order valence-electron chi connectivity index (χ4n) is 1.91. The molecule has 4 nitrogen and oxygen atoms in total. The second-order valence-corrected chi connectivity index (χ2v) is 5.80. The molecule has 0 radical (unpaired) electrons. The lowest BCUT2D eigenvalue weighted by Crippen LogP contribution is -2.34. The predicted octanol–water partition coefficient (Wildman–Crippen LogP) is 3.48. The summed E-state index contributed by atoms with van der Waals surface area (Å²) in [5.41, 5.74) is 1.30. The van der Waals surface area contributed by atoms with Gasteiger partial charge in [-0.05, 0) is 32.4 Å². The SMILES string of the molecule is CC(C)(C)n1ccnc(Nc2ccccc2CCl)c1=O. The normalized spacial score (nSPS) is 11.4. The maximum Gasteiger partial charge on any atom is 0.294 e. The van der Waals surface area contributed by atoms with Crippen molar-refractivity contribution in [2.75, 3.05) is 5.32 Å². The standard InChI is InChI=1S/C15H18ClN3O/c1-15(2,3)19-9-8-17-13(14(19)20)18-12-7-5-4-6-11(12)10-16/h4-9H,10H2,1-3H3,(H,17,18). The highest BCUT2D eigenvalue weighted by atomic mass is 35.5. The average molecular weight is 292 g/mol. The van der Waals surface area contributed by atoms with Gasteiger partial charge in [0.25, 0.3) is 5.56 Å². The van der Waals surface area contributed by atoms with Crippen molar-refractivity contribution in [3.63, 3.8) is 0 Å². The minimum absolute atomic E-state index is 0.149. The fourth-order valence-corrected chi connectivity index (χ4v) is 2.14. The molecule has 0 atom stereocenters. The molecular formula is C15H18ClN3O. The molecule has 0 amide bonds. The number of nitrogens with zero attached hydrogens (tertiary/aromatic N) is 2. The number of rotatable bonds is 3. The van der Waals surface area contributed by atoms with Crippen LogP contribution in [-0.2, 0) is 11.4 Å². The maximum atomic E-state index is 12.4. The number of aromatic nitrogens is 2. The first kappa shape index (κ1) is 14.6. The van der Waals surface area contributed by atoms with E-state index in [2.05, 4.69) is 10.3 Å². The number of benzene rings is 1. The number of hydrogen-bond acceptors (Lipinski definition) is 3. The van der Waals surface area contributed by atoms with Gasteiger partial charge in [-0.25, -0.2) is 4.98 Å². The van der Waals surface area contributed by atoms with Crippen LogP contribution in [0.2, 0.25) is 0 Å². The molecule has 20 heavy (non-hydrogen) atoms. The molecule has 0 saturated heterocycles. The van der Waals surface area contributed by atoms with Crippen LogP contribution in [0.15, 0.2) is 41.5 Å². The van der Waals surface area contributed by atoms with Crippen LogP contribution in [0.5, 0.6) is 0 Å². The van der Waals surface area contributed by atoms with E-state index in [1.807, 2.05) is 45.0 Å². The third kappa shape index (κ3) is 3.02. The first-order valence-corrected chi connectivity index (χ1v) is 6.96. The van der Waals surface area contributed by atoms with Gasteiger partial charge >= 0.3 is 0 Å². The summed E-state index contributed by atoms with van der Waals surface area (Å²) < 4.78 is 1.66.